The number of nitrogens with one attached hydrogen (secondary N) is 2. The first-order valence-electron chi connectivity index (χ1n) is 11.4. The van der Waals surface area contributed by atoms with Gasteiger partial charge in [-0.1, -0.05) is 61.5 Å². The minimum atomic E-state index is -0.487. The van der Waals surface area contributed by atoms with Crippen molar-refractivity contribution in [2.24, 2.45) is 5.41 Å². The molecule has 2 aromatic carbocycles. The highest BCUT2D eigenvalue weighted by atomic mass is 35.5. The second-order valence-corrected chi connectivity index (χ2v) is 11.1. The SMILES string of the molecule is COc1ccc([C@H]2C3=C(CC(C)(C)CC3=O)Nc3nc(SCc4cccc(Cl)c4)[nH]c(=O)c32)cc1. The standard InChI is InChI=1S/C27H26ClN3O3S/c1-27(2)12-19-22(20(32)13-27)21(16-7-9-18(34-3)10-8-16)23-24(29-19)30-26(31-25(23)33)35-14-15-5-4-6-17(28)11-15/h4-11,21H,12-14H2,1-3H3,(H2,29,30,31,33)/t21-/m0/s1. The Labute approximate surface area is 213 Å². The Morgan fingerprint density at radius 2 is 1.91 bits per heavy atom. The number of benzene rings is 2. The van der Waals surface area contributed by atoms with E-state index in [4.69, 9.17) is 21.3 Å². The quantitative estimate of drug-likeness (QED) is 0.329. The Morgan fingerprint density at radius 1 is 1.14 bits per heavy atom. The summed E-state index contributed by atoms with van der Waals surface area (Å²) in [5.41, 5.74) is 3.46. The Hall–Kier alpha value is -3.03. The minimum Gasteiger partial charge on any atom is -0.497 e. The highest BCUT2D eigenvalue weighted by molar-refractivity contribution is 7.98. The molecule has 35 heavy (non-hydrogen) atoms. The predicted octanol–water partition coefficient (Wildman–Crippen LogP) is 5.92. The van der Waals surface area contributed by atoms with Gasteiger partial charge >= 0.3 is 0 Å². The molecule has 0 fully saturated rings. The van der Waals surface area contributed by atoms with Crippen molar-refractivity contribution in [2.45, 2.75) is 43.5 Å². The van der Waals surface area contributed by atoms with Crippen LogP contribution < -0.4 is 15.6 Å². The third kappa shape index (κ3) is 4.75. The molecule has 1 aliphatic carbocycles. The molecule has 1 atom stereocenters. The van der Waals surface area contributed by atoms with Gasteiger partial charge in [0.1, 0.15) is 11.6 Å². The van der Waals surface area contributed by atoms with Gasteiger partial charge in [0.15, 0.2) is 10.9 Å². The number of hydrogen-bond acceptors (Lipinski definition) is 6. The third-order valence-electron chi connectivity index (χ3n) is 6.41. The maximum absolute atomic E-state index is 13.4. The predicted molar refractivity (Wildman–Crippen MR) is 139 cm³/mol. The molecule has 0 amide bonds. The Morgan fingerprint density at radius 3 is 2.63 bits per heavy atom. The second-order valence-electron chi connectivity index (χ2n) is 9.72. The number of Topliss-reactive ketones (excluding diaryl/α,β-unsaturated/α-hetero) is 1. The number of thioether (sulfide) groups is 1. The maximum atomic E-state index is 13.4. The lowest BCUT2D eigenvalue weighted by atomic mass is 9.69. The number of nitrogens with zero attached hydrogens (tertiary/aromatic N) is 1. The maximum Gasteiger partial charge on any atom is 0.257 e. The molecule has 0 saturated heterocycles. The summed E-state index contributed by atoms with van der Waals surface area (Å²) in [5.74, 6) is 1.41. The molecule has 180 valence electrons. The van der Waals surface area contributed by atoms with Crippen molar-refractivity contribution in [1.82, 2.24) is 9.97 Å². The van der Waals surface area contributed by atoms with Gasteiger partial charge in [-0.15, -0.1) is 0 Å². The minimum absolute atomic E-state index is 0.0639. The largest absolute Gasteiger partial charge is 0.497 e. The summed E-state index contributed by atoms with van der Waals surface area (Å²) in [6.07, 6.45) is 1.15. The summed E-state index contributed by atoms with van der Waals surface area (Å²) in [7, 11) is 1.61. The van der Waals surface area contributed by atoms with Crippen LogP contribution in [0.4, 0.5) is 5.82 Å². The molecule has 0 unspecified atom stereocenters. The van der Waals surface area contributed by atoms with Crippen LogP contribution in [0.25, 0.3) is 0 Å². The molecule has 0 saturated carbocycles. The Balaban J connectivity index is 1.57. The van der Waals surface area contributed by atoms with Gasteiger partial charge in [-0.2, -0.15) is 0 Å². The number of rotatable bonds is 5. The fourth-order valence-corrected chi connectivity index (χ4v) is 5.89. The molecule has 0 spiro atoms. The van der Waals surface area contributed by atoms with Crippen LogP contribution in [0, 0.1) is 5.41 Å². The van der Waals surface area contributed by atoms with Gasteiger partial charge in [-0.05, 0) is 47.2 Å². The summed E-state index contributed by atoms with van der Waals surface area (Å²) in [6, 6.07) is 15.1. The number of halogens is 1. The molecule has 0 radical (unpaired) electrons. The molecule has 6 nitrogen and oxygen atoms in total. The smallest absolute Gasteiger partial charge is 0.257 e. The Kier molecular flexibility index (Phi) is 6.23. The molecule has 2 aliphatic rings. The number of H-pyrrole nitrogens is 1. The molecule has 0 bridgehead atoms. The van der Waals surface area contributed by atoms with E-state index < -0.39 is 5.92 Å². The zero-order valence-electron chi connectivity index (χ0n) is 19.8. The van der Waals surface area contributed by atoms with Gasteiger partial charge in [-0.25, -0.2) is 4.98 Å². The van der Waals surface area contributed by atoms with Gasteiger partial charge in [0.25, 0.3) is 5.56 Å². The van der Waals surface area contributed by atoms with Gasteiger partial charge in [-0.3, -0.25) is 9.59 Å². The number of ether oxygens (including phenoxy) is 1. The van der Waals surface area contributed by atoms with E-state index in [2.05, 4.69) is 24.1 Å². The summed E-state index contributed by atoms with van der Waals surface area (Å²) in [4.78, 5) is 34.5. The highest BCUT2D eigenvalue weighted by Gasteiger charge is 2.42. The van der Waals surface area contributed by atoms with Crippen LogP contribution in [0.2, 0.25) is 5.02 Å². The van der Waals surface area contributed by atoms with Crippen LogP contribution in [0.5, 0.6) is 5.75 Å². The molecule has 1 aromatic heterocycles. The van der Waals surface area contributed by atoms with E-state index in [1.54, 1.807) is 7.11 Å². The van der Waals surface area contributed by atoms with E-state index in [1.807, 2.05) is 48.5 Å². The fourth-order valence-electron chi connectivity index (χ4n) is 4.87. The average molecular weight is 508 g/mol. The summed E-state index contributed by atoms with van der Waals surface area (Å²) in [6.45, 7) is 4.18. The number of carbonyl (C=O) groups is 1. The van der Waals surface area contributed by atoms with Gasteiger partial charge < -0.3 is 15.0 Å². The molecular weight excluding hydrogens is 482 g/mol. The number of anilines is 1. The number of ketones is 1. The van der Waals surface area contributed by atoms with Crippen LogP contribution in [0.3, 0.4) is 0 Å². The van der Waals surface area contributed by atoms with E-state index in [1.165, 1.54) is 11.8 Å². The molecule has 1 aliphatic heterocycles. The number of allylic oxidation sites excluding steroid dienone is 2. The molecule has 5 rings (SSSR count). The lowest BCUT2D eigenvalue weighted by molar-refractivity contribution is -0.118. The van der Waals surface area contributed by atoms with E-state index in [-0.39, 0.29) is 16.8 Å². The molecular formula is C27H26ClN3O3S. The van der Waals surface area contributed by atoms with Crippen molar-refractivity contribution in [3.8, 4) is 5.75 Å². The number of aromatic nitrogens is 2. The van der Waals surface area contributed by atoms with Crippen molar-refractivity contribution >= 4 is 35.0 Å². The zero-order valence-corrected chi connectivity index (χ0v) is 21.3. The monoisotopic (exact) mass is 507 g/mol. The number of hydrogen-bond donors (Lipinski definition) is 2. The van der Waals surface area contributed by atoms with Crippen molar-refractivity contribution in [2.75, 3.05) is 12.4 Å². The summed E-state index contributed by atoms with van der Waals surface area (Å²) < 4.78 is 5.31. The number of fused-ring (bicyclic) bond motifs is 1. The van der Waals surface area contributed by atoms with E-state index >= 15 is 0 Å². The lowest BCUT2D eigenvalue weighted by Gasteiger charge is -2.38. The molecule has 3 aromatic rings. The third-order valence-corrected chi connectivity index (χ3v) is 7.59. The second kappa shape index (κ2) is 9.21. The van der Waals surface area contributed by atoms with Crippen molar-refractivity contribution in [3.63, 3.8) is 0 Å². The lowest BCUT2D eigenvalue weighted by Crippen LogP contribution is -2.37. The van der Waals surface area contributed by atoms with E-state index in [0.29, 0.717) is 51.5 Å². The number of aromatic amines is 1. The van der Waals surface area contributed by atoms with E-state index in [9.17, 15) is 9.59 Å². The number of methoxy groups -OCH3 is 1. The number of carbonyl (C=O) groups excluding carboxylic acids is 1. The van der Waals surface area contributed by atoms with Gasteiger partial charge in [0.2, 0.25) is 0 Å². The van der Waals surface area contributed by atoms with Crippen LogP contribution in [-0.2, 0) is 10.5 Å². The van der Waals surface area contributed by atoms with E-state index in [0.717, 1.165) is 16.8 Å². The highest BCUT2D eigenvalue weighted by Crippen LogP contribution is 2.47. The van der Waals surface area contributed by atoms with Crippen LogP contribution >= 0.6 is 23.4 Å². The van der Waals surface area contributed by atoms with Gasteiger partial charge in [0.05, 0.1) is 12.7 Å². The van der Waals surface area contributed by atoms with Crippen molar-refractivity contribution in [3.05, 3.63) is 91.9 Å². The van der Waals surface area contributed by atoms with Crippen LogP contribution in [-0.4, -0.2) is 22.9 Å². The first-order valence-corrected chi connectivity index (χ1v) is 12.8. The first kappa shape index (κ1) is 23.7. The normalized spacial score (nSPS) is 18.5. The summed E-state index contributed by atoms with van der Waals surface area (Å²) in [5, 5.41) is 4.55. The molecule has 2 heterocycles. The Bertz CT molecular complexity index is 1400. The zero-order chi connectivity index (χ0) is 24.7. The topological polar surface area (TPSA) is 84.1 Å². The van der Waals surface area contributed by atoms with Crippen molar-refractivity contribution < 1.29 is 9.53 Å². The fraction of sp³-hybridized carbons (Fsp3) is 0.296. The van der Waals surface area contributed by atoms with Crippen LogP contribution in [0.15, 0.2) is 69.8 Å². The van der Waals surface area contributed by atoms with Gasteiger partial charge in [0, 0.05) is 34.4 Å². The first-order chi connectivity index (χ1) is 16.7. The molecule has 2 N–H and O–H groups in total. The van der Waals surface area contributed by atoms with Crippen LogP contribution in [0.1, 0.15) is 49.3 Å². The van der Waals surface area contributed by atoms with Crippen molar-refractivity contribution in [1.29, 1.82) is 0 Å². The molecule has 8 heteroatoms. The average Bonchev–Trinajstić information content (AvgIpc) is 2.81. The summed E-state index contributed by atoms with van der Waals surface area (Å²) >= 11 is 7.54.